The molecule has 1 nitrogen and oxygen atoms in total. The fourth-order valence-corrected chi connectivity index (χ4v) is 2.06. The molecular weight excluding hydrogens is 206 g/mol. The van der Waals surface area contributed by atoms with Crippen LogP contribution in [0.2, 0.25) is 0 Å². The summed E-state index contributed by atoms with van der Waals surface area (Å²) in [6.07, 6.45) is 4.15. The van der Waals surface area contributed by atoms with E-state index in [1.54, 1.807) is 0 Å². The summed E-state index contributed by atoms with van der Waals surface area (Å²) in [5.74, 6) is 0. The van der Waals surface area contributed by atoms with Crippen LogP contribution in [0.25, 0.3) is 10.8 Å². The third-order valence-electron chi connectivity index (χ3n) is 3.00. The van der Waals surface area contributed by atoms with Crippen molar-refractivity contribution in [1.82, 2.24) is 0 Å². The number of allylic oxidation sites excluding steroid dienone is 1. The molecule has 0 bridgehead atoms. The molecule has 0 fully saturated rings. The van der Waals surface area contributed by atoms with Crippen molar-refractivity contribution >= 4 is 16.5 Å². The van der Waals surface area contributed by atoms with Crippen molar-refractivity contribution in [2.45, 2.75) is 25.8 Å². The van der Waals surface area contributed by atoms with Gasteiger partial charge in [-0.3, -0.25) is 0 Å². The second-order valence-electron chi connectivity index (χ2n) is 4.44. The predicted octanol–water partition coefficient (Wildman–Crippen LogP) is 4.61. The third-order valence-corrected chi connectivity index (χ3v) is 3.00. The SMILES string of the molecule is C=CCCC(C)Nc1cccc2ccccc12. The minimum atomic E-state index is 0.471. The normalized spacial score (nSPS) is 12.3. The molecule has 1 atom stereocenters. The van der Waals surface area contributed by atoms with E-state index >= 15 is 0 Å². The molecule has 2 rings (SSSR count). The molecule has 0 spiro atoms. The lowest BCUT2D eigenvalue weighted by atomic mass is 10.1. The van der Waals surface area contributed by atoms with E-state index in [4.69, 9.17) is 0 Å². The Morgan fingerprint density at radius 2 is 1.94 bits per heavy atom. The maximum absolute atomic E-state index is 3.76. The van der Waals surface area contributed by atoms with Crippen molar-refractivity contribution in [1.29, 1.82) is 0 Å². The number of hydrogen-bond donors (Lipinski definition) is 1. The summed E-state index contributed by atoms with van der Waals surface area (Å²) >= 11 is 0. The van der Waals surface area contributed by atoms with Crippen LogP contribution in [-0.2, 0) is 0 Å². The molecule has 0 radical (unpaired) electrons. The topological polar surface area (TPSA) is 12.0 Å². The molecule has 0 aliphatic heterocycles. The summed E-state index contributed by atoms with van der Waals surface area (Å²) < 4.78 is 0. The Morgan fingerprint density at radius 1 is 1.18 bits per heavy atom. The first kappa shape index (κ1) is 11.7. The molecule has 0 aliphatic rings. The van der Waals surface area contributed by atoms with E-state index in [1.807, 2.05) is 6.08 Å². The highest BCUT2D eigenvalue weighted by molar-refractivity contribution is 5.93. The average Bonchev–Trinajstić information content (AvgIpc) is 2.37. The van der Waals surface area contributed by atoms with Crippen LogP contribution in [-0.4, -0.2) is 6.04 Å². The fourth-order valence-electron chi connectivity index (χ4n) is 2.06. The van der Waals surface area contributed by atoms with E-state index in [2.05, 4.69) is 61.3 Å². The number of benzene rings is 2. The Labute approximate surface area is 103 Å². The summed E-state index contributed by atoms with van der Waals surface area (Å²) in [6.45, 7) is 5.98. The van der Waals surface area contributed by atoms with Gasteiger partial charge in [-0.1, -0.05) is 42.5 Å². The molecule has 17 heavy (non-hydrogen) atoms. The summed E-state index contributed by atoms with van der Waals surface area (Å²) in [6, 6.07) is 15.3. The number of fused-ring (bicyclic) bond motifs is 1. The van der Waals surface area contributed by atoms with Crippen molar-refractivity contribution in [3.05, 3.63) is 55.1 Å². The highest BCUT2D eigenvalue weighted by Gasteiger charge is 2.03. The highest BCUT2D eigenvalue weighted by atomic mass is 14.9. The van der Waals surface area contributed by atoms with E-state index in [1.165, 1.54) is 16.5 Å². The van der Waals surface area contributed by atoms with Gasteiger partial charge >= 0.3 is 0 Å². The molecule has 1 heteroatoms. The zero-order valence-electron chi connectivity index (χ0n) is 10.3. The van der Waals surface area contributed by atoms with Gasteiger partial charge in [-0.05, 0) is 31.2 Å². The van der Waals surface area contributed by atoms with Crippen LogP contribution in [0.3, 0.4) is 0 Å². The summed E-state index contributed by atoms with van der Waals surface area (Å²) in [5, 5.41) is 6.15. The minimum Gasteiger partial charge on any atom is -0.382 e. The maximum Gasteiger partial charge on any atom is 0.0421 e. The van der Waals surface area contributed by atoms with Crippen LogP contribution in [0.15, 0.2) is 55.1 Å². The molecule has 0 aliphatic carbocycles. The average molecular weight is 225 g/mol. The molecule has 2 aromatic rings. The third kappa shape index (κ3) is 2.88. The van der Waals surface area contributed by atoms with Crippen molar-refractivity contribution in [3.8, 4) is 0 Å². The molecule has 1 N–H and O–H groups in total. The van der Waals surface area contributed by atoms with Crippen molar-refractivity contribution < 1.29 is 0 Å². The van der Waals surface area contributed by atoms with E-state index in [9.17, 15) is 0 Å². The standard InChI is InChI=1S/C16H19N/c1-3-4-8-13(2)17-16-12-7-10-14-9-5-6-11-15(14)16/h3,5-7,9-13,17H,1,4,8H2,2H3. The Morgan fingerprint density at radius 3 is 2.76 bits per heavy atom. The van der Waals surface area contributed by atoms with Crippen LogP contribution >= 0.6 is 0 Å². The summed E-state index contributed by atoms with van der Waals surface area (Å²) in [7, 11) is 0. The maximum atomic E-state index is 3.76. The zero-order chi connectivity index (χ0) is 12.1. The quantitative estimate of drug-likeness (QED) is 0.733. The van der Waals surface area contributed by atoms with Gasteiger partial charge in [0.15, 0.2) is 0 Å². The molecular formula is C16H19N. The van der Waals surface area contributed by atoms with Gasteiger partial charge in [-0.2, -0.15) is 0 Å². The lowest BCUT2D eigenvalue weighted by molar-refractivity contribution is 0.720. The van der Waals surface area contributed by atoms with E-state index in [0.717, 1.165) is 12.8 Å². The van der Waals surface area contributed by atoms with Gasteiger partial charge in [0.25, 0.3) is 0 Å². The monoisotopic (exact) mass is 225 g/mol. The van der Waals surface area contributed by atoms with Gasteiger partial charge in [0.05, 0.1) is 0 Å². The molecule has 0 heterocycles. The van der Waals surface area contributed by atoms with E-state index in [-0.39, 0.29) is 0 Å². The summed E-state index contributed by atoms with van der Waals surface area (Å²) in [4.78, 5) is 0. The molecule has 88 valence electrons. The summed E-state index contributed by atoms with van der Waals surface area (Å²) in [5.41, 5.74) is 1.22. The molecule has 0 amide bonds. The molecule has 0 aromatic heterocycles. The fraction of sp³-hybridized carbons (Fsp3) is 0.250. The lowest BCUT2D eigenvalue weighted by Gasteiger charge is -2.16. The van der Waals surface area contributed by atoms with E-state index in [0.29, 0.717) is 6.04 Å². The van der Waals surface area contributed by atoms with Crippen LogP contribution < -0.4 is 5.32 Å². The Hall–Kier alpha value is -1.76. The molecule has 0 saturated heterocycles. The first-order valence-corrected chi connectivity index (χ1v) is 6.16. The van der Waals surface area contributed by atoms with Crippen molar-refractivity contribution in [2.24, 2.45) is 0 Å². The van der Waals surface area contributed by atoms with Crippen LogP contribution in [0.4, 0.5) is 5.69 Å². The van der Waals surface area contributed by atoms with Gasteiger partial charge in [0.1, 0.15) is 0 Å². The van der Waals surface area contributed by atoms with Gasteiger partial charge in [0, 0.05) is 17.1 Å². The van der Waals surface area contributed by atoms with Gasteiger partial charge in [-0.15, -0.1) is 6.58 Å². The Bertz CT molecular complexity index is 496. The number of rotatable bonds is 5. The number of anilines is 1. The lowest BCUT2D eigenvalue weighted by Crippen LogP contribution is -2.14. The predicted molar refractivity (Wildman–Crippen MR) is 76.5 cm³/mol. The smallest absolute Gasteiger partial charge is 0.0421 e. The largest absolute Gasteiger partial charge is 0.382 e. The Balaban J connectivity index is 2.20. The van der Waals surface area contributed by atoms with Crippen LogP contribution in [0.1, 0.15) is 19.8 Å². The minimum absolute atomic E-state index is 0.471. The molecule has 0 saturated carbocycles. The zero-order valence-corrected chi connectivity index (χ0v) is 10.3. The van der Waals surface area contributed by atoms with Gasteiger partial charge in [-0.25, -0.2) is 0 Å². The highest BCUT2D eigenvalue weighted by Crippen LogP contribution is 2.24. The molecule has 2 aromatic carbocycles. The first-order valence-electron chi connectivity index (χ1n) is 6.16. The number of nitrogens with one attached hydrogen (secondary N) is 1. The number of hydrogen-bond acceptors (Lipinski definition) is 1. The van der Waals surface area contributed by atoms with Crippen LogP contribution in [0.5, 0.6) is 0 Å². The molecule has 1 unspecified atom stereocenters. The Kier molecular flexibility index (Phi) is 3.81. The van der Waals surface area contributed by atoms with Crippen molar-refractivity contribution in [2.75, 3.05) is 5.32 Å². The van der Waals surface area contributed by atoms with Crippen LogP contribution in [0, 0.1) is 0 Å². The second kappa shape index (κ2) is 5.53. The second-order valence-corrected chi connectivity index (χ2v) is 4.44. The first-order chi connectivity index (χ1) is 8.31. The van der Waals surface area contributed by atoms with Gasteiger partial charge in [0.2, 0.25) is 0 Å². The van der Waals surface area contributed by atoms with E-state index < -0.39 is 0 Å². The van der Waals surface area contributed by atoms with Gasteiger partial charge < -0.3 is 5.32 Å². The van der Waals surface area contributed by atoms with Crippen molar-refractivity contribution in [3.63, 3.8) is 0 Å².